The topological polar surface area (TPSA) is 38.0 Å². The van der Waals surface area contributed by atoms with Crippen molar-refractivity contribution in [2.45, 2.75) is 25.8 Å². The molecule has 2 rings (SSSR count). The summed E-state index contributed by atoms with van der Waals surface area (Å²) in [5, 5.41) is 13.1. The predicted octanol–water partition coefficient (Wildman–Crippen LogP) is 0.999. The molecule has 1 aliphatic rings. The molecule has 0 amide bonds. The molecule has 3 nitrogen and oxygen atoms in total. The van der Waals surface area contributed by atoms with E-state index in [9.17, 15) is 0 Å². The third-order valence-electron chi connectivity index (χ3n) is 2.56. The lowest BCUT2D eigenvalue weighted by molar-refractivity contribution is 0.274. The van der Waals surface area contributed by atoms with E-state index in [1.807, 2.05) is 10.9 Å². The summed E-state index contributed by atoms with van der Waals surface area (Å²) in [5.41, 5.74) is 1.29. The first kappa shape index (κ1) is 7.80. The van der Waals surface area contributed by atoms with E-state index in [2.05, 4.69) is 18.2 Å². The highest BCUT2D eigenvalue weighted by Crippen LogP contribution is 2.46. The molecule has 12 heavy (non-hydrogen) atoms. The molecule has 0 aromatic carbocycles. The molecule has 1 N–H and O–H groups in total. The molecule has 66 valence electrons. The third kappa shape index (κ3) is 1.25. The van der Waals surface area contributed by atoms with Crippen LogP contribution in [0.5, 0.6) is 0 Å². The largest absolute Gasteiger partial charge is 0.396 e. The summed E-state index contributed by atoms with van der Waals surface area (Å²) in [6.07, 6.45) is 5.13. The maximum atomic E-state index is 8.87. The summed E-state index contributed by atoms with van der Waals surface area (Å²) >= 11 is 0. The first-order chi connectivity index (χ1) is 5.85. The normalized spacial score (nSPS) is 27.5. The molecule has 1 saturated carbocycles. The predicted molar refractivity (Wildman–Crippen MR) is 45.8 cm³/mol. The van der Waals surface area contributed by atoms with Crippen LogP contribution in [-0.4, -0.2) is 21.5 Å². The van der Waals surface area contributed by atoms with Gasteiger partial charge >= 0.3 is 0 Å². The number of aryl methyl sites for hydroxylation is 1. The molecule has 2 unspecified atom stereocenters. The van der Waals surface area contributed by atoms with Crippen LogP contribution in [-0.2, 0) is 6.54 Å². The first-order valence-corrected chi connectivity index (χ1v) is 4.48. The Morgan fingerprint density at radius 1 is 1.75 bits per heavy atom. The zero-order valence-corrected chi connectivity index (χ0v) is 7.27. The standard InChI is InChI=1S/C9H14N2O/c1-2-11-5-8(4-10-11)9-3-7(9)6-12/h4-5,7,9,12H,2-3,6H2,1H3. The Balaban J connectivity index is 2.05. The van der Waals surface area contributed by atoms with Crippen molar-refractivity contribution in [1.29, 1.82) is 0 Å². The minimum Gasteiger partial charge on any atom is -0.396 e. The van der Waals surface area contributed by atoms with Crippen LogP contribution in [0.4, 0.5) is 0 Å². The van der Waals surface area contributed by atoms with E-state index in [-0.39, 0.29) is 0 Å². The van der Waals surface area contributed by atoms with Crippen molar-refractivity contribution >= 4 is 0 Å². The van der Waals surface area contributed by atoms with Crippen LogP contribution in [0, 0.1) is 5.92 Å². The molecular weight excluding hydrogens is 152 g/mol. The molecule has 1 fully saturated rings. The monoisotopic (exact) mass is 166 g/mol. The molecular formula is C9H14N2O. The van der Waals surface area contributed by atoms with Crippen LogP contribution in [0.15, 0.2) is 12.4 Å². The Morgan fingerprint density at radius 2 is 2.58 bits per heavy atom. The van der Waals surface area contributed by atoms with Gasteiger partial charge in [-0.25, -0.2) is 0 Å². The summed E-state index contributed by atoms with van der Waals surface area (Å²) in [6.45, 7) is 3.33. The van der Waals surface area contributed by atoms with E-state index in [0.29, 0.717) is 18.4 Å². The number of hydrogen-bond donors (Lipinski definition) is 1. The average molecular weight is 166 g/mol. The van der Waals surface area contributed by atoms with Gasteiger partial charge in [0, 0.05) is 19.3 Å². The van der Waals surface area contributed by atoms with Gasteiger partial charge in [-0.2, -0.15) is 5.10 Å². The van der Waals surface area contributed by atoms with Crippen LogP contribution in [0.25, 0.3) is 0 Å². The van der Waals surface area contributed by atoms with E-state index < -0.39 is 0 Å². The van der Waals surface area contributed by atoms with Crippen molar-refractivity contribution in [2.75, 3.05) is 6.61 Å². The molecule has 0 radical (unpaired) electrons. The van der Waals surface area contributed by atoms with Crippen molar-refractivity contribution in [3.05, 3.63) is 18.0 Å². The summed E-state index contributed by atoms with van der Waals surface area (Å²) in [5.74, 6) is 1.08. The Bertz CT molecular complexity index is 269. The molecule has 0 aliphatic heterocycles. The van der Waals surface area contributed by atoms with Crippen LogP contribution in [0.2, 0.25) is 0 Å². The lowest BCUT2D eigenvalue weighted by atomic mass is 10.2. The third-order valence-corrected chi connectivity index (χ3v) is 2.56. The van der Waals surface area contributed by atoms with E-state index in [1.165, 1.54) is 5.56 Å². The lowest BCUT2D eigenvalue weighted by Gasteiger charge is -1.92. The number of aliphatic hydroxyl groups is 1. The number of nitrogens with zero attached hydrogens (tertiary/aromatic N) is 2. The molecule has 1 aromatic rings. The highest BCUT2D eigenvalue weighted by Gasteiger charge is 2.38. The Kier molecular flexibility index (Phi) is 1.89. The van der Waals surface area contributed by atoms with Gasteiger partial charge in [-0.1, -0.05) is 0 Å². The second-order valence-corrected chi connectivity index (χ2v) is 3.41. The smallest absolute Gasteiger partial charge is 0.0524 e. The van der Waals surface area contributed by atoms with E-state index in [1.54, 1.807) is 0 Å². The maximum absolute atomic E-state index is 8.87. The number of rotatable bonds is 3. The highest BCUT2D eigenvalue weighted by molar-refractivity contribution is 5.20. The minimum atomic E-state index is 0.321. The SMILES string of the molecule is CCn1cc(C2CC2CO)cn1. The van der Waals surface area contributed by atoms with Crippen molar-refractivity contribution in [2.24, 2.45) is 5.92 Å². The Hall–Kier alpha value is -0.830. The van der Waals surface area contributed by atoms with Gasteiger partial charge in [-0.05, 0) is 30.7 Å². The summed E-state index contributed by atoms with van der Waals surface area (Å²) in [7, 11) is 0. The van der Waals surface area contributed by atoms with Crippen molar-refractivity contribution in [3.8, 4) is 0 Å². The highest BCUT2D eigenvalue weighted by atomic mass is 16.3. The Labute approximate surface area is 72.0 Å². The molecule has 0 saturated heterocycles. The zero-order valence-electron chi connectivity index (χ0n) is 7.27. The zero-order chi connectivity index (χ0) is 8.55. The van der Waals surface area contributed by atoms with Crippen LogP contribution >= 0.6 is 0 Å². The van der Waals surface area contributed by atoms with E-state index in [4.69, 9.17) is 5.11 Å². The van der Waals surface area contributed by atoms with Gasteiger partial charge in [0.1, 0.15) is 0 Å². The van der Waals surface area contributed by atoms with Gasteiger partial charge in [0.15, 0.2) is 0 Å². The van der Waals surface area contributed by atoms with Crippen LogP contribution in [0.3, 0.4) is 0 Å². The molecule has 0 bridgehead atoms. The fourth-order valence-corrected chi connectivity index (χ4v) is 1.60. The second-order valence-electron chi connectivity index (χ2n) is 3.41. The van der Waals surface area contributed by atoms with Crippen molar-refractivity contribution in [3.63, 3.8) is 0 Å². The quantitative estimate of drug-likeness (QED) is 0.727. The number of hydrogen-bond acceptors (Lipinski definition) is 2. The van der Waals surface area contributed by atoms with Gasteiger partial charge < -0.3 is 5.11 Å². The van der Waals surface area contributed by atoms with Gasteiger partial charge in [0.25, 0.3) is 0 Å². The molecule has 1 heterocycles. The molecule has 1 aliphatic carbocycles. The van der Waals surface area contributed by atoms with Crippen LogP contribution < -0.4 is 0 Å². The van der Waals surface area contributed by atoms with E-state index in [0.717, 1.165) is 13.0 Å². The maximum Gasteiger partial charge on any atom is 0.0524 e. The van der Waals surface area contributed by atoms with Crippen molar-refractivity contribution < 1.29 is 5.11 Å². The number of aliphatic hydroxyl groups excluding tert-OH is 1. The van der Waals surface area contributed by atoms with Gasteiger partial charge in [0.05, 0.1) is 6.20 Å². The molecule has 1 aromatic heterocycles. The lowest BCUT2D eigenvalue weighted by Crippen LogP contribution is -1.92. The molecule has 0 spiro atoms. The minimum absolute atomic E-state index is 0.321. The fraction of sp³-hybridized carbons (Fsp3) is 0.667. The van der Waals surface area contributed by atoms with E-state index >= 15 is 0 Å². The van der Waals surface area contributed by atoms with Gasteiger partial charge in [-0.3, -0.25) is 4.68 Å². The fourth-order valence-electron chi connectivity index (χ4n) is 1.60. The van der Waals surface area contributed by atoms with Crippen LogP contribution in [0.1, 0.15) is 24.8 Å². The first-order valence-electron chi connectivity index (χ1n) is 4.48. The summed E-state index contributed by atoms with van der Waals surface area (Å²) in [6, 6.07) is 0. The van der Waals surface area contributed by atoms with Crippen molar-refractivity contribution in [1.82, 2.24) is 9.78 Å². The molecule has 2 atom stereocenters. The second kappa shape index (κ2) is 2.90. The summed E-state index contributed by atoms with van der Waals surface area (Å²) < 4.78 is 1.93. The number of aromatic nitrogens is 2. The average Bonchev–Trinajstić information content (AvgIpc) is 2.75. The Morgan fingerprint density at radius 3 is 3.08 bits per heavy atom. The molecule has 3 heteroatoms. The van der Waals surface area contributed by atoms with Gasteiger partial charge in [0.2, 0.25) is 0 Å². The van der Waals surface area contributed by atoms with Gasteiger partial charge in [-0.15, -0.1) is 0 Å². The summed E-state index contributed by atoms with van der Waals surface area (Å²) in [4.78, 5) is 0.